The third-order valence-corrected chi connectivity index (χ3v) is 3.32. The number of hydrogen-bond donors (Lipinski definition) is 0. The van der Waals surface area contributed by atoms with Gasteiger partial charge in [0.1, 0.15) is 0 Å². The van der Waals surface area contributed by atoms with Gasteiger partial charge in [-0.15, -0.1) is 0 Å². The predicted octanol–water partition coefficient (Wildman–Crippen LogP) is 9.88. The molecule has 150 valence electrons. The van der Waals surface area contributed by atoms with Gasteiger partial charge in [0.15, 0.2) is 0 Å². The molecule has 0 unspecified atom stereocenters. The Morgan fingerprint density at radius 3 is 1.08 bits per heavy atom. The zero-order chi connectivity index (χ0) is 17.1. The van der Waals surface area contributed by atoms with Crippen LogP contribution < -0.4 is 0 Å². The number of aryl methyl sites for hydroxylation is 2. The van der Waals surface area contributed by atoms with Crippen LogP contribution in [0.2, 0.25) is 0 Å². The molecule has 0 nitrogen and oxygen atoms in total. The highest BCUT2D eigenvalue weighted by Crippen LogP contribution is 2.22. The summed E-state index contributed by atoms with van der Waals surface area (Å²) >= 11 is 0. The molecule has 0 heterocycles. The molecule has 0 aromatic heterocycles. The molecule has 0 N–H and O–H groups in total. The summed E-state index contributed by atoms with van der Waals surface area (Å²) in [6.45, 7) is 18.6. The maximum Gasteiger partial charge on any atom is -0.0395 e. The van der Waals surface area contributed by atoms with Gasteiger partial charge in [0.05, 0.1) is 0 Å². The standard InChI is InChI=1S/C8H10.C7H14.3C2H6.3CH4/c1-7-5-3-4-6-8(7)2;1-7-5-3-2-4-6-7;3*1-2;;;/h3-6H,1-2H3;7H,2-6H2,1H3;3*1-2H3;3*1H4. The van der Waals surface area contributed by atoms with Crippen LogP contribution in [-0.4, -0.2) is 0 Å². The molecule has 0 amide bonds. The van der Waals surface area contributed by atoms with Crippen LogP contribution >= 0.6 is 0 Å². The smallest absolute Gasteiger partial charge is 0.0395 e. The van der Waals surface area contributed by atoms with E-state index in [2.05, 4.69) is 45.0 Å². The van der Waals surface area contributed by atoms with Crippen LogP contribution in [0, 0.1) is 19.8 Å². The summed E-state index contributed by atoms with van der Waals surface area (Å²) in [5.74, 6) is 1.04. The SMILES string of the molecule is C.C.C.CC.CC.CC.CC1CCCCC1.Cc1ccccc1C. The Labute approximate surface area is 158 Å². The highest BCUT2D eigenvalue weighted by molar-refractivity contribution is 5.23. The first-order valence-corrected chi connectivity index (χ1v) is 9.22. The summed E-state index contributed by atoms with van der Waals surface area (Å²) in [7, 11) is 0. The summed E-state index contributed by atoms with van der Waals surface area (Å²) < 4.78 is 0. The third-order valence-electron chi connectivity index (χ3n) is 3.32. The van der Waals surface area contributed by atoms with Gasteiger partial charge in [-0.2, -0.15) is 0 Å². The van der Waals surface area contributed by atoms with Crippen LogP contribution in [0.1, 0.15) is 114 Å². The minimum Gasteiger partial charge on any atom is -0.0776 e. The van der Waals surface area contributed by atoms with Crippen molar-refractivity contribution in [2.75, 3.05) is 0 Å². The Balaban J connectivity index is -0.0000000472. The van der Waals surface area contributed by atoms with Crippen molar-refractivity contribution in [1.82, 2.24) is 0 Å². The first-order valence-electron chi connectivity index (χ1n) is 9.22. The Morgan fingerprint density at radius 1 is 0.625 bits per heavy atom. The van der Waals surface area contributed by atoms with Crippen LogP contribution in [0.25, 0.3) is 0 Å². The molecular formula is C24H54. The Morgan fingerprint density at radius 2 is 0.917 bits per heavy atom. The number of benzene rings is 1. The molecule has 0 spiro atoms. The van der Waals surface area contributed by atoms with E-state index in [1.807, 2.05) is 41.5 Å². The Hall–Kier alpha value is -0.780. The fourth-order valence-electron chi connectivity index (χ4n) is 1.97. The second-order valence-corrected chi connectivity index (χ2v) is 4.83. The Kier molecular flexibility index (Phi) is 54.4. The van der Waals surface area contributed by atoms with E-state index in [0.29, 0.717) is 0 Å². The summed E-state index contributed by atoms with van der Waals surface area (Å²) in [4.78, 5) is 0. The zero-order valence-electron chi connectivity index (χ0n) is 16.4. The topological polar surface area (TPSA) is 0 Å². The molecule has 24 heavy (non-hydrogen) atoms. The quantitative estimate of drug-likeness (QED) is 0.440. The number of rotatable bonds is 0. The summed E-state index contributed by atoms with van der Waals surface area (Å²) in [6, 6.07) is 8.36. The summed E-state index contributed by atoms with van der Waals surface area (Å²) in [5, 5.41) is 0. The third kappa shape index (κ3) is 26.1. The van der Waals surface area contributed by atoms with E-state index in [4.69, 9.17) is 0 Å². The monoisotopic (exact) mass is 342 g/mol. The lowest BCUT2D eigenvalue weighted by Gasteiger charge is -2.15. The predicted molar refractivity (Wildman–Crippen MR) is 122 cm³/mol. The van der Waals surface area contributed by atoms with E-state index in [0.717, 1.165) is 5.92 Å². The van der Waals surface area contributed by atoms with Gasteiger partial charge < -0.3 is 0 Å². The van der Waals surface area contributed by atoms with Crippen molar-refractivity contribution in [3.05, 3.63) is 35.4 Å². The van der Waals surface area contributed by atoms with Gasteiger partial charge >= 0.3 is 0 Å². The first kappa shape index (κ1) is 38.7. The minimum atomic E-state index is 0. The van der Waals surface area contributed by atoms with Crippen LogP contribution in [0.3, 0.4) is 0 Å². The fraction of sp³-hybridized carbons (Fsp3) is 0.750. The molecule has 0 aliphatic heterocycles. The van der Waals surface area contributed by atoms with Crippen LogP contribution in [0.4, 0.5) is 0 Å². The molecule has 2 rings (SSSR count). The second kappa shape index (κ2) is 33.7. The van der Waals surface area contributed by atoms with Gasteiger partial charge in [0.25, 0.3) is 0 Å². The average molecular weight is 343 g/mol. The molecule has 1 aromatic carbocycles. The second-order valence-electron chi connectivity index (χ2n) is 4.83. The van der Waals surface area contributed by atoms with Crippen LogP contribution in [-0.2, 0) is 0 Å². The zero-order valence-corrected chi connectivity index (χ0v) is 16.4. The van der Waals surface area contributed by atoms with E-state index < -0.39 is 0 Å². The van der Waals surface area contributed by atoms with Crippen molar-refractivity contribution in [2.24, 2.45) is 5.92 Å². The van der Waals surface area contributed by atoms with Gasteiger partial charge in [-0.05, 0) is 30.9 Å². The molecule has 0 radical (unpaired) electrons. The van der Waals surface area contributed by atoms with Crippen molar-refractivity contribution in [3.8, 4) is 0 Å². The maximum atomic E-state index is 2.36. The van der Waals surface area contributed by atoms with Gasteiger partial charge in [-0.3, -0.25) is 0 Å². The summed E-state index contributed by atoms with van der Waals surface area (Å²) in [6.07, 6.45) is 7.44. The van der Waals surface area contributed by atoms with E-state index in [9.17, 15) is 0 Å². The normalized spacial score (nSPS) is 11.2. The van der Waals surface area contributed by atoms with Crippen molar-refractivity contribution < 1.29 is 0 Å². The molecule has 0 bridgehead atoms. The van der Waals surface area contributed by atoms with Crippen LogP contribution in [0.5, 0.6) is 0 Å². The van der Waals surface area contributed by atoms with Gasteiger partial charge in [0, 0.05) is 0 Å². The maximum absolute atomic E-state index is 2.36. The number of hydrogen-bond acceptors (Lipinski definition) is 0. The van der Waals surface area contributed by atoms with Crippen molar-refractivity contribution in [3.63, 3.8) is 0 Å². The van der Waals surface area contributed by atoms with E-state index in [1.54, 1.807) is 0 Å². The molecule has 1 aliphatic rings. The average Bonchev–Trinajstić information content (AvgIpc) is 2.57. The largest absolute Gasteiger partial charge is 0.0776 e. The highest BCUT2D eigenvalue weighted by atomic mass is 14.1. The molecule has 1 fully saturated rings. The lowest BCUT2D eigenvalue weighted by molar-refractivity contribution is 0.385. The van der Waals surface area contributed by atoms with Crippen molar-refractivity contribution >= 4 is 0 Å². The van der Waals surface area contributed by atoms with Crippen molar-refractivity contribution in [1.29, 1.82) is 0 Å². The summed E-state index contributed by atoms with van der Waals surface area (Å²) in [5.41, 5.74) is 2.74. The van der Waals surface area contributed by atoms with Crippen molar-refractivity contribution in [2.45, 2.75) is 117 Å². The lowest BCUT2D eigenvalue weighted by Crippen LogP contribution is -1.99. The molecular weight excluding hydrogens is 288 g/mol. The molecule has 1 aliphatic carbocycles. The Bertz CT molecular complexity index is 248. The first-order chi connectivity index (χ1) is 10.2. The molecule has 0 saturated heterocycles. The molecule has 1 saturated carbocycles. The lowest BCUT2D eigenvalue weighted by atomic mass is 9.91. The van der Waals surface area contributed by atoms with Gasteiger partial charge in [-0.1, -0.05) is 127 Å². The van der Waals surface area contributed by atoms with Crippen LogP contribution in [0.15, 0.2) is 24.3 Å². The van der Waals surface area contributed by atoms with Gasteiger partial charge in [0.2, 0.25) is 0 Å². The molecule has 1 aromatic rings. The van der Waals surface area contributed by atoms with E-state index >= 15 is 0 Å². The minimum absolute atomic E-state index is 0. The fourth-order valence-corrected chi connectivity index (χ4v) is 1.97. The molecule has 0 atom stereocenters. The highest BCUT2D eigenvalue weighted by Gasteiger charge is 2.05. The van der Waals surface area contributed by atoms with E-state index in [-0.39, 0.29) is 22.3 Å². The van der Waals surface area contributed by atoms with Gasteiger partial charge in [-0.25, -0.2) is 0 Å². The molecule has 0 heteroatoms. The van der Waals surface area contributed by atoms with E-state index in [1.165, 1.54) is 43.2 Å².